The molecule has 1 aliphatic rings. The van der Waals surface area contributed by atoms with Gasteiger partial charge in [0.2, 0.25) is 5.95 Å². The normalized spacial score (nSPS) is 16.2. The molecule has 0 radical (unpaired) electrons. The molecule has 0 bridgehead atoms. The molecule has 1 aromatic heterocycles. The lowest BCUT2D eigenvalue weighted by Gasteiger charge is -2.26. The molecule has 2 rings (SSSR count). The second-order valence-electron chi connectivity index (χ2n) is 3.82. The first-order valence-corrected chi connectivity index (χ1v) is 6.51. The molecule has 0 atom stereocenters. The van der Waals surface area contributed by atoms with Gasteiger partial charge in [-0.15, -0.1) is 0 Å². The van der Waals surface area contributed by atoms with Gasteiger partial charge in [0.15, 0.2) is 5.78 Å². The summed E-state index contributed by atoms with van der Waals surface area (Å²) < 4.78 is 0. The van der Waals surface area contributed by atoms with Crippen LogP contribution in [0.5, 0.6) is 0 Å². The number of nitrogens with zero attached hydrogens (tertiary/aromatic N) is 3. The fraction of sp³-hybridized carbons (Fsp3) is 0.545. The number of anilines is 1. The molecule has 1 aliphatic heterocycles. The van der Waals surface area contributed by atoms with E-state index in [9.17, 15) is 4.79 Å². The van der Waals surface area contributed by atoms with E-state index in [4.69, 9.17) is 0 Å². The van der Waals surface area contributed by atoms with E-state index in [0.717, 1.165) is 36.2 Å². The molecule has 0 amide bonds. The molecule has 0 spiro atoms. The predicted octanol–water partition coefficient (Wildman–Crippen LogP) is 1.54. The number of rotatable bonds is 2. The van der Waals surface area contributed by atoms with Crippen molar-refractivity contribution in [2.45, 2.75) is 13.8 Å². The zero-order valence-electron chi connectivity index (χ0n) is 9.56. The highest BCUT2D eigenvalue weighted by molar-refractivity contribution is 7.99. The minimum Gasteiger partial charge on any atom is -0.339 e. The van der Waals surface area contributed by atoms with Gasteiger partial charge in [0.25, 0.3) is 0 Å². The Bertz CT molecular complexity index is 402. The topological polar surface area (TPSA) is 46.1 Å². The number of aromatic nitrogens is 2. The van der Waals surface area contributed by atoms with Crippen molar-refractivity contribution in [2.75, 3.05) is 29.5 Å². The summed E-state index contributed by atoms with van der Waals surface area (Å²) in [6, 6.07) is 0. The molecule has 0 aliphatic carbocycles. The van der Waals surface area contributed by atoms with Crippen LogP contribution in [0.3, 0.4) is 0 Å². The summed E-state index contributed by atoms with van der Waals surface area (Å²) in [6.07, 6.45) is 1.64. The van der Waals surface area contributed by atoms with Crippen molar-refractivity contribution in [1.29, 1.82) is 0 Å². The van der Waals surface area contributed by atoms with Crippen molar-refractivity contribution in [1.82, 2.24) is 9.97 Å². The third-order valence-corrected chi connectivity index (χ3v) is 3.58. The molecule has 4 nitrogen and oxygen atoms in total. The zero-order chi connectivity index (χ0) is 11.5. The number of hydrogen-bond donors (Lipinski definition) is 0. The van der Waals surface area contributed by atoms with Crippen LogP contribution >= 0.6 is 11.8 Å². The van der Waals surface area contributed by atoms with E-state index in [1.165, 1.54) is 0 Å². The molecule has 0 saturated carbocycles. The number of ketones is 1. The summed E-state index contributed by atoms with van der Waals surface area (Å²) in [4.78, 5) is 22.1. The van der Waals surface area contributed by atoms with Gasteiger partial charge < -0.3 is 4.90 Å². The van der Waals surface area contributed by atoms with Crippen LogP contribution in [0, 0.1) is 6.92 Å². The molecule has 1 aromatic rings. The van der Waals surface area contributed by atoms with Gasteiger partial charge in [0, 0.05) is 30.8 Å². The maximum atomic E-state index is 11.3. The number of aryl methyl sites for hydroxylation is 1. The van der Waals surface area contributed by atoms with Crippen LogP contribution < -0.4 is 4.90 Å². The fourth-order valence-corrected chi connectivity index (χ4v) is 2.62. The highest BCUT2D eigenvalue weighted by Gasteiger charge is 2.15. The van der Waals surface area contributed by atoms with E-state index in [-0.39, 0.29) is 5.78 Å². The van der Waals surface area contributed by atoms with Gasteiger partial charge in [-0.2, -0.15) is 11.8 Å². The summed E-state index contributed by atoms with van der Waals surface area (Å²) in [7, 11) is 0. The maximum absolute atomic E-state index is 11.3. The summed E-state index contributed by atoms with van der Waals surface area (Å²) in [5.41, 5.74) is 1.39. The molecular formula is C11H15N3OS. The first-order valence-electron chi connectivity index (χ1n) is 5.36. The SMILES string of the molecule is CC(=O)c1cnc(N2CCSCC2)nc1C. The van der Waals surface area contributed by atoms with Gasteiger partial charge in [-0.3, -0.25) is 4.79 Å². The van der Waals surface area contributed by atoms with E-state index in [0.29, 0.717) is 5.56 Å². The molecule has 2 heterocycles. The molecule has 0 aromatic carbocycles. The third kappa shape index (κ3) is 2.35. The van der Waals surface area contributed by atoms with Gasteiger partial charge in [-0.1, -0.05) is 0 Å². The van der Waals surface area contributed by atoms with Gasteiger partial charge in [-0.25, -0.2) is 9.97 Å². The van der Waals surface area contributed by atoms with Crippen molar-refractivity contribution in [3.05, 3.63) is 17.5 Å². The minimum absolute atomic E-state index is 0.0262. The number of Topliss-reactive ketones (excluding diaryl/α,β-unsaturated/α-hetero) is 1. The minimum atomic E-state index is 0.0262. The van der Waals surface area contributed by atoms with Crippen molar-refractivity contribution < 1.29 is 4.79 Å². The second kappa shape index (κ2) is 4.82. The standard InChI is InChI=1S/C11H15N3OS/c1-8-10(9(2)15)7-12-11(13-8)14-3-5-16-6-4-14/h7H,3-6H2,1-2H3. The Morgan fingerprint density at radius 2 is 2.12 bits per heavy atom. The summed E-state index contributed by atoms with van der Waals surface area (Å²) in [5, 5.41) is 0. The van der Waals surface area contributed by atoms with Gasteiger partial charge >= 0.3 is 0 Å². The number of thioether (sulfide) groups is 1. The molecule has 0 unspecified atom stereocenters. The predicted molar refractivity (Wildman–Crippen MR) is 66.3 cm³/mol. The van der Waals surface area contributed by atoms with Crippen LogP contribution in [0.2, 0.25) is 0 Å². The van der Waals surface area contributed by atoms with Crippen LogP contribution in [-0.4, -0.2) is 40.3 Å². The van der Waals surface area contributed by atoms with E-state index >= 15 is 0 Å². The smallest absolute Gasteiger partial charge is 0.225 e. The van der Waals surface area contributed by atoms with Crippen molar-refractivity contribution in [3.8, 4) is 0 Å². The molecule has 0 N–H and O–H groups in total. The first-order chi connectivity index (χ1) is 7.68. The van der Waals surface area contributed by atoms with Gasteiger partial charge in [0.05, 0.1) is 11.3 Å². The number of carbonyl (C=O) groups excluding carboxylic acids is 1. The van der Waals surface area contributed by atoms with Crippen molar-refractivity contribution in [2.24, 2.45) is 0 Å². The van der Waals surface area contributed by atoms with Crippen LogP contribution in [-0.2, 0) is 0 Å². The summed E-state index contributed by atoms with van der Waals surface area (Å²) >= 11 is 1.95. The van der Waals surface area contributed by atoms with Crippen LogP contribution in [0.1, 0.15) is 23.0 Å². The van der Waals surface area contributed by atoms with Crippen LogP contribution in [0.15, 0.2) is 6.20 Å². The lowest BCUT2D eigenvalue weighted by molar-refractivity contribution is 0.101. The molecule has 1 fully saturated rings. The molecular weight excluding hydrogens is 222 g/mol. The van der Waals surface area contributed by atoms with E-state index in [1.54, 1.807) is 13.1 Å². The highest BCUT2D eigenvalue weighted by atomic mass is 32.2. The first kappa shape index (κ1) is 11.4. The second-order valence-corrected chi connectivity index (χ2v) is 5.05. The monoisotopic (exact) mass is 237 g/mol. The summed E-state index contributed by atoms with van der Waals surface area (Å²) in [6.45, 7) is 5.39. The Labute approximate surface area is 99.5 Å². The van der Waals surface area contributed by atoms with Crippen molar-refractivity contribution >= 4 is 23.5 Å². The maximum Gasteiger partial charge on any atom is 0.225 e. The quantitative estimate of drug-likeness (QED) is 0.730. The largest absolute Gasteiger partial charge is 0.339 e. The molecule has 86 valence electrons. The number of hydrogen-bond acceptors (Lipinski definition) is 5. The Morgan fingerprint density at radius 1 is 1.44 bits per heavy atom. The summed E-state index contributed by atoms with van der Waals surface area (Å²) in [5.74, 6) is 3.02. The average Bonchev–Trinajstić information content (AvgIpc) is 2.29. The Morgan fingerprint density at radius 3 is 2.69 bits per heavy atom. The van der Waals surface area contributed by atoms with Gasteiger partial charge in [-0.05, 0) is 13.8 Å². The fourth-order valence-electron chi connectivity index (χ4n) is 1.72. The van der Waals surface area contributed by atoms with E-state index < -0.39 is 0 Å². The molecule has 1 saturated heterocycles. The average molecular weight is 237 g/mol. The lowest BCUT2D eigenvalue weighted by atomic mass is 10.2. The zero-order valence-corrected chi connectivity index (χ0v) is 10.4. The molecule has 16 heavy (non-hydrogen) atoms. The number of carbonyl (C=O) groups is 1. The van der Waals surface area contributed by atoms with Crippen LogP contribution in [0.4, 0.5) is 5.95 Å². The third-order valence-electron chi connectivity index (χ3n) is 2.64. The van der Waals surface area contributed by atoms with Gasteiger partial charge in [0.1, 0.15) is 0 Å². The van der Waals surface area contributed by atoms with Crippen LogP contribution in [0.25, 0.3) is 0 Å². The lowest BCUT2D eigenvalue weighted by Crippen LogP contribution is -2.34. The Hall–Kier alpha value is -1.10. The highest BCUT2D eigenvalue weighted by Crippen LogP contribution is 2.16. The van der Waals surface area contributed by atoms with Crippen molar-refractivity contribution in [3.63, 3.8) is 0 Å². The molecule has 5 heteroatoms. The van der Waals surface area contributed by atoms with E-state index in [1.807, 2.05) is 18.7 Å². The Kier molecular flexibility index (Phi) is 3.43. The Balaban J connectivity index is 2.23. The van der Waals surface area contributed by atoms with E-state index in [2.05, 4.69) is 14.9 Å².